The molecule has 5 nitrogen and oxygen atoms in total. The SMILES string of the molecule is CCc1ccc(-c2nc(CC(=O)NCCN3CCNCC3)cs2)cc1. The van der Waals surface area contributed by atoms with E-state index in [1.165, 1.54) is 5.56 Å². The summed E-state index contributed by atoms with van der Waals surface area (Å²) in [5.74, 6) is 0.0494. The Kier molecular flexibility index (Phi) is 6.55. The van der Waals surface area contributed by atoms with E-state index in [-0.39, 0.29) is 5.91 Å². The topological polar surface area (TPSA) is 57.3 Å². The molecule has 2 heterocycles. The number of carbonyl (C=O) groups excluding carboxylic acids is 1. The molecule has 0 saturated carbocycles. The molecule has 0 bridgehead atoms. The van der Waals surface area contributed by atoms with E-state index in [2.05, 4.69) is 51.7 Å². The van der Waals surface area contributed by atoms with Gasteiger partial charge in [-0.05, 0) is 12.0 Å². The molecule has 1 fully saturated rings. The van der Waals surface area contributed by atoms with Gasteiger partial charge in [-0.2, -0.15) is 0 Å². The average Bonchev–Trinajstić information content (AvgIpc) is 3.11. The van der Waals surface area contributed by atoms with Gasteiger partial charge in [0.15, 0.2) is 0 Å². The van der Waals surface area contributed by atoms with Crippen molar-refractivity contribution in [1.29, 1.82) is 0 Å². The molecular weight excluding hydrogens is 332 g/mol. The normalized spacial score (nSPS) is 15.2. The Morgan fingerprint density at radius 3 is 2.76 bits per heavy atom. The second-order valence-corrected chi connectivity index (χ2v) is 7.17. The van der Waals surface area contributed by atoms with Gasteiger partial charge in [-0.25, -0.2) is 4.98 Å². The number of aromatic nitrogens is 1. The summed E-state index contributed by atoms with van der Waals surface area (Å²) in [6.07, 6.45) is 1.39. The minimum atomic E-state index is 0.0494. The number of thiazole rings is 1. The Bertz CT molecular complexity index is 677. The zero-order chi connectivity index (χ0) is 17.5. The number of hydrogen-bond donors (Lipinski definition) is 2. The first-order chi connectivity index (χ1) is 12.2. The van der Waals surface area contributed by atoms with Gasteiger partial charge in [0.05, 0.1) is 12.1 Å². The Hall–Kier alpha value is -1.76. The van der Waals surface area contributed by atoms with Crippen molar-refractivity contribution >= 4 is 17.2 Å². The van der Waals surface area contributed by atoms with Crippen molar-refractivity contribution in [3.8, 4) is 10.6 Å². The summed E-state index contributed by atoms with van der Waals surface area (Å²) in [5, 5.41) is 9.30. The van der Waals surface area contributed by atoms with Crippen LogP contribution in [-0.4, -0.2) is 55.1 Å². The fourth-order valence-electron chi connectivity index (χ4n) is 2.92. The zero-order valence-corrected chi connectivity index (χ0v) is 15.6. The summed E-state index contributed by atoms with van der Waals surface area (Å²) in [5.41, 5.74) is 3.29. The quantitative estimate of drug-likeness (QED) is 0.794. The van der Waals surface area contributed by atoms with Gasteiger partial charge in [-0.1, -0.05) is 31.2 Å². The van der Waals surface area contributed by atoms with E-state index in [1.807, 2.05) is 5.38 Å². The van der Waals surface area contributed by atoms with Crippen LogP contribution in [0.25, 0.3) is 10.6 Å². The minimum Gasteiger partial charge on any atom is -0.354 e. The van der Waals surface area contributed by atoms with Crippen LogP contribution in [0.5, 0.6) is 0 Å². The molecule has 0 aliphatic carbocycles. The molecular formula is C19H26N4OS. The molecule has 25 heavy (non-hydrogen) atoms. The summed E-state index contributed by atoms with van der Waals surface area (Å²) < 4.78 is 0. The predicted octanol–water partition coefficient (Wildman–Crippen LogP) is 1.94. The van der Waals surface area contributed by atoms with Crippen LogP contribution in [0.2, 0.25) is 0 Å². The molecule has 6 heteroatoms. The van der Waals surface area contributed by atoms with Crippen LogP contribution in [0.3, 0.4) is 0 Å². The molecule has 0 unspecified atom stereocenters. The highest BCUT2D eigenvalue weighted by atomic mass is 32.1. The maximum Gasteiger partial charge on any atom is 0.226 e. The molecule has 0 spiro atoms. The van der Waals surface area contributed by atoms with Gasteiger partial charge in [0.1, 0.15) is 5.01 Å². The van der Waals surface area contributed by atoms with E-state index in [0.29, 0.717) is 13.0 Å². The molecule has 3 rings (SSSR count). The third-order valence-electron chi connectivity index (χ3n) is 4.46. The third-order valence-corrected chi connectivity index (χ3v) is 5.40. The second-order valence-electron chi connectivity index (χ2n) is 6.31. The predicted molar refractivity (Wildman–Crippen MR) is 103 cm³/mol. The number of rotatable bonds is 7. The maximum atomic E-state index is 12.1. The van der Waals surface area contributed by atoms with E-state index >= 15 is 0 Å². The van der Waals surface area contributed by atoms with Gasteiger partial charge in [-0.15, -0.1) is 11.3 Å². The van der Waals surface area contributed by atoms with Crippen molar-refractivity contribution < 1.29 is 4.79 Å². The van der Waals surface area contributed by atoms with Crippen molar-refractivity contribution in [2.24, 2.45) is 0 Å². The molecule has 2 aromatic rings. The Morgan fingerprint density at radius 2 is 2.04 bits per heavy atom. The van der Waals surface area contributed by atoms with Crippen molar-refractivity contribution in [2.45, 2.75) is 19.8 Å². The Morgan fingerprint density at radius 1 is 1.28 bits per heavy atom. The minimum absolute atomic E-state index is 0.0494. The summed E-state index contributed by atoms with van der Waals surface area (Å²) in [6, 6.07) is 8.49. The lowest BCUT2D eigenvalue weighted by molar-refractivity contribution is -0.120. The fourth-order valence-corrected chi connectivity index (χ4v) is 3.74. The second kappa shape index (κ2) is 9.08. The van der Waals surface area contributed by atoms with Crippen LogP contribution in [0.4, 0.5) is 0 Å². The first-order valence-electron chi connectivity index (χ1n) is 8.98. The van der Waals surface area contributed by atoms with Crippen molar-refractivity contribution in [3.05, 3.63) is 40.9 Å². The molecule has 0 atom stereocenters. The number of aryl methyl sites for hydroxylation is 1. The van der Waals surface area contributed by atoms with Crippen LogP contribution >= 0.6 is 11.3 Å². The van der Waals surface area contributed by atoms with Crippen LogP contribution in [0, 0.1) is 0 Å². The smallest absolute Gasteiger partial charge is 0.226 e. The molecule has 1 aliphatic rings. The van der Waals surface area contributed by atoms with Gasteiger partial charge in [0.2, 0.25) is 5.91 Å². The largest absolute Gasteiger partial charge is 0.354 e. The first kappa shape index (κ1) is 18.0. The van der Waals surface area contributed by atoms with E-state index in [1.54, 1.807) is 11.3 Å². The van der Waals surface area contributed by atoms with E-state index in [9.17, 15) is 4.79 Å². The van der Waals surface area contributed by atoms with Crippen LogP contribution in [0.1, 0.15) is 18.2 Å². The average molecular weight is 359 g/mol. The fraction of sp³-hybridized carbons (Fsp3) is 0.474. The maximum absolute atomic E-state index is 12.1. The summed E-state index contributed by atoms with van der Waals surface area (Å²) in [6.45, 7) is 7.96. The van der Waals surface area contributed by atoms with Crippen LogP contribution in [-0.2, 0) is 17.6 Å². The van der Waals surface area contributed by atoms with E-state index in [4.69, 9.17) is 0 Å². The van der Waals surface area contributed by atoms with Gasteiger partial charge < -0.3 is 10.6 Å². The molecule has 1 saturated heterocycles. The van der Waals surface area contributed by atoms with Crippen molar-refractivity contribution in [2.75, 3.05) is 39.3 Å². The molecule has 0 radical (unpaired) electrons. The molecule has 1 aromatic heterocycles. The number of amides is 1. The van der Waals surface area contributed by atoms with Crippen LogP contribution in [0.15, 0.2) is 29.6 Å². The number of hydrogen-bond acceptors (Lipinski definition) is 5. The number of benzene rings is 1. The van der Waals surface area contributed by atoms with Crippen molar-refractivity contribution in [1.82, 2.24) is 20.5 Å². The number of piperazine rings is 1. The Labute approximate surface area is 153 Å². The van der Waals surface area contributed by atoms with Crippen molar-refractivity contribution in [3.63, 3.8) is 0 Å². The molecule has 1 aromatic carbocycles. The number of nitrogens with zero attached hydrogens (tertiary/aromatic N) is 2. The van der Waals surface area contributed by atoms with E-state index < -0.39 is 0 Å². The van der Waals surface area contributed by atoms with Gasteiger partial charge in [0.25, 0.3) is 0 Å². The summed E-state index contributed by atoms with van der Waals surface area (Å²) >= 11 is 1.60. The zero-order valence-electron chi connectivity index (χ0n) is 14.8. The van der Waals surface area contributed by atoms with Crippen LogP contribution < -0.4 is 10.6 Å². The lowest BCUT2D eigenvalue weighted by Crippen LogP contribution is -2.46. The summed E-state index contributed by atoms with van der Waals surface area (Å²) in [7, 11) is 0. The lowest BCUT2D eigenvalue weighted by Gasteiger charge is -2.27. The molecule has 134 valence electrons. The number of nitrogens with one attached hydrogen (secondary N) is 2. The molecule has 1 aliphatic heterocycles. The Balaban J connectivity index is 1.46. The highest BCUT2D eigenvalue weighted by Crippen LogP contribution is 2.24. The third kappa shape index (κ3) is 5.36. The monoisotopic (exact) mass is 358 g/mol. The summed E-state index contributed by atoms with van der Waals surface area (Å²) in [4.78, 5) is 19.1. The highest BCUT2D eigenvalue weighted by molar-refractivity contribution is 7.13. The lowest BCUT2D eigenvalue weighted by atomic mass is 10.1. The number of carbonyl (C=O) groups is 1. The van der Waals surface area contributed by atoms with Gasteiger partial charge in [0, 0.05) is 50.2 Å². The standard InChI is InChI=1S/C19H26N4OS/c1-2-15-3-5-16(6-4-15)19-22-17(14-25-19)13-18(24)21-9-12-23-10-7-20-8-11-23/h3-6,14,20H,2,7-13H2,1H3,(H,21,24). The van der Waals surface area contributed by atoms with Gasteiger partial charge >= 0.3 is 0 Å². The molecule has 1 amide bonds. The van der Waals surface area contributed by atoms with E-state index in [0.717, 1.165) is 55.4 Å². The van der Waals surface area contributed by atoms with Gasteiger partial charge in [-0.3, -0.25) is 9.69 Å². The molecule has 2 N–H and O–H groups in total. The highest BCUT2D eigenvalue weighted by Gasteiger charge is 2.11. The first-order valence-corrected chi connectivity index (χ1v) is 9.86.